The summed E-state index contributed by atoms with van der Waals surface area (Å²) in [7, 11) is 0. The van der Waals surface area contributed by atoms with E-state index < -0.39 is 0 Å². The fraction of sp³-hybridized carbons (Fsp3) is 0. The third kappa shape index (κ3) is 21.1. The van der Waals surface area contributed by atoms with Crippen LogP contribution in [0.3, 0.4) is 0 Å². The molecule has 1 radical (unpaired) electrons. The van der Waals surface area contributed by atoms with E-state index in [0.717, 1.165) is 0 Å². The monoisotopic (exact) mass is 686 g/mol. The molecule has 5 unspecified atom stereocenters. The van der Waals surface area contributed by atoms with Gasteiger partial charge in [0.25, 0.3) is 0 Å². The molecule has 5 aliphatic rings. The van der Waals surface area contributed by atoms with E-state index in [1.807, 2.05) is 30.4 Å². The Kier molecular flexibility index (Phi) is 24.5. The third-order valence-electron chi connectivity index (χ3n) is 2.21. The molecule has 6 heteroatoms. The van der Waals surface area contributed by atoms with E-state index in [1.165, 1.54) is 0 Å². The third-order valence-corrected chi connectivity index (χ3v) is 9.48. The van der Waals surface area contributed by atoms with E-state index in [9.17, 15) is 0 Å². The van der Waals surface area contributed by atoms with E-state index in [4.69, 9.17) is 0 Å². The zero-order valence-electron chi connectivity index (χ0n) is 14.1. The Bertz CT molecular complexity index is 442. The smallest absolute Gasteiger partial charge is 0 e. The van der Waals surface area contributed by atoms with Gasteiger partial charge in [0.2, 0.25) is 0 Å². The van der Waals surface area contributed by atoms with E-state index >= 15 is 0 Å². The predicted octanol–water partition coefficient (Wildman–Crippen LogP) is 1.33. The minimum atomic E-state index is 0. The van der Waals surface area contributed by atoms with Crippen molar-refractivity contribution in [3.05, 3.63) is 109 Å². The van der Waals surface area contributed by atoms with Crippen LogP contribution in [0.2, 0.25) is 0 Å². The zero-order valence-corrected chi connectivity index (χ0v) is 26.0. The van der Waals surface area contributed by atoms with Gasteiger partial charge in [0.15, 0.2) is 0 Å². The number of hydrogen-bond acceptors (Lipinski definition) is 0. The van der Waals surface area contributed by atoms with E-state index in [-0.39, 0.29) is 97.3 Å². The number of hydrogen-bond donors (Lipinski definition) is 0. The second kappa shape index (κ2) is 23.8. The summed E-state index contributed by atoms with van der Waals surface area (Å²) in [6.45, 7) is 0. The van der Waals surface area contributed by atoms with E-state index in [1.54, 1.807) is 0 Å². The molecule has 0 aromatic heterocycles. The molecule has 0 amide bonds. The molecule has 5 rings (SSSR count). The fourth-order valence-electron chi connectivity index (χ4n) is 1.20. The van der Waals surface area contributed by atoms with Crippen molar-refractivity contribution in [1.29, 1.82) is 0 Å². The summed E-state index contributed by atoms with van der Waals surface area (Å²) in [5, 5.41) is 0. The number of allylic oxidation sites excluding steroid dienone is 10. The van der Waals surface area contributed by atoms with Crippen LogP contribution in [0, 0.1) is 24.3 Å². The summed E-state index contributed by atoms with van der Waals surface area (Å²) >= 11 is 0.764. The summed E-state index contributed by atoms with van der Waals surface area (Å²) in [6, 6.07) is 0. The molecular weight excluding hydrogens is 666 g/mol. The molecule has 0 spiro atoms. The first kappa shape index (κ1) is 26.8. The average Bonchev–Trinajstić information content (AvgIpc) is 3.55. The predicted molar refractivity (Wildman–Crippen MR) is 121 cm³/mol. The van der Waals surface area contributed by atoms with Gasteiger partial charge in [-0.2, -0.15) is 0 Å². The molecule has 0 nitrogen and oxygen atoms in total. The minimum absolute atomic E-state index is 0. The maximum Gasteiger partial charge on any atom is 0 e. The zero-order chi connectivity index (χ0) is 17.7. The molecule has 5 atom stereocenters. The molecule has 26 heavy (non-hydrogen) atoms. The molecule has 5 aliphatic heterocycles. The molecule has 0 saturated carbocycles. The molecule has 0 bridgehead atoms. The molecule has 0 fully saturated rings. The fourth-order valence-corrected chi connectivity index (χ4v) is 6.25. The first-order valence-electron chi connectivity index (χ1n) is 7.47. The molecule has 0 aromatic rings. The SMILES string of the molecule is [C-]1=CC=C[AsH]1.[C-]1=CC=C[AsH]1.[C-]1=CC=C[AsH]1.[C-]1=CC=C[AsH]1.[C-]1=CC=C[AsH]1.[V]. The van der Waals surface area contributed by atoms with Gasteiger partial charge in [-0.1, -0.05) is 0 Å². The van der Waals surface area contributed by atoms with Crippen molar-refractivity contribution in [1.82, 2.24) is 0 Å². The standard InChI is InChI=1S/5C4H4As.V/c5*1-2-4-5-3-1;/h5*1-3,5H;/q5*-1;. The van der Waals surface area contributed by atoms with Gasteiger partial charge in [-0.05, 0) is 0 Å². The topological polar surface area (TPSA) is 0 Å². The van der Waals surface area contributed by atoms with Crippen LogP contribution in [0.5, 0.6) is 0 Å². The van der Waals surface area contributed by atoms with Crippen LogP contribution in [0.25, 0.3) is 0 Å². The molecule has 0 aromatic carbocycles. The Morgan fingerprint density at radius 1 is 0.346 bits per heavy atom. The van der Waals surface area contributed by atoms with Gasteiger partial charge in [0.05, 0.1) is 0 Å². The minimum Gasteiger partial charge on any atom is 0 e. The van der Waals surface area contributed by atoms with Gasteiger partial charge < -0.3 is 0 Å². The van der Waals surface area contributed by atoms with Crippen molar-refractivity contribution in [2.24, 2.45) is 0 Å². The second-order valence-electron chi connectivity index (χ2n) is 4.07. The van der Waals surface area contributed by atoms with Gasteiger partial charge in [-0.3, -0.25) is 0 Å². The van der Waals surface area contributed by atoms with E-state index in [2.05, 4.69) is 79.0 Å². The summed E-state index contributed by atoms with van der Waals surface area (Å²) in [5.74, 6) is 0. The van der Waals surface area contributed by atoms with Crippen LogP contribution < -0.4 is 0 Å². The van der Waals surface area contributed by atoms with Crippen LogP contribution in [0.15, 0.2) is 85.1 Å². The van der Waals surface area contributed by atoms with Gasteiger partial charge in [0, 0.05) is 18.6 Å². The van der Waals surface area contributed by atoms with Gasteiger partial charge in [-0.15, -0.1) is 0 Å². The molecule has 0 N–H and O–H groups in total. The molecule has 5 heterocycles. The largest absolute Gasteiger partial charge is 0 e. The first-order valence-corrected chi connectivity index (χ1v) is 18.8. The van der Waals surface area contributed by atoms with Crippen molar-refractivity contribution in [2.75, 3.05) is 0 Å². The molecule has 0 aliphatic carbocycles. The van der Waals surface area contributed by atoms with Crippen molar-refractivity contribution in [2.45, 2.75) is 0 Å². The molecular formula is C20H20As5V-5. The summed E-state index contributed by atoms with van der Waals surface area (Å²) in [4.78, 5) is 26.5. The first-order chi connectivity index (χ1) is 12.5. The Hall–Kier alpha value is 0.777. The van der Waals surface area contributed by atoms with Crippen LogP contribution in [-0.4, -0.2) is 78.8 Å². The van der Waals surface area contributed by atoms with Crippen molar-refractivity contribution in [3.8, 4) is 0 Å². The Morgan fingerprint density at radius 2 is 0.538 bits per heavy atom. The van der Waals surface area contributed by atoms with Crippen molar-refractivity contribution in [3.63, 3.8) is 0 Å². The Morgan fingerprint density at radius 3 is 0.577 bits per heavy atom. The maximum atomic E-state index is 3.11. The molecule has 0 saturated heterocycles. The van der Waals surface area contributed by atoms with E-state index in [0.29, 0.717) is 0 Å². The van der Waals surface area contributed by atoms with Gasteiger partial charge in [0.1, 0.15) is 0 Å². The van der Waals surface area contributed by atoms with Crippen LogP contribution in [0.4, 0.5) is 0 Å². The normalized spacial score (nSPS) is 21.5. The van der Waals surface area contributed by atoms with Gasteiger partial charge in [-0.25, -0.2) is 0 Å². The maximum absolute atomic E-state index is 3.11. The summed E-state index contributed by atoms with van der Waals surface area (Å²) in [6.07, 6.45) is 20.2. The average molecular weight is 686 g/mol. The summed E-state index contributed by atoms with van der Waals surface area (Å²) in [5.41, 5.74) is 0. The quantitative estimate of drug-likeness (QED) is 0.267. The van der Waals surface area contributed by atoms with Crippen LogP contribution >= 0.6 is 0 Å². The van der Waals surface area contributed by atoms with Crippen LogP contribution in [-0.2, 0) is 18.6 Å². The Balaban J connectivity index is 0.000000298. The number of rotatable bonds is 0. The second-order valence-corrected chi connectivity index (χ2v) is 13.6. The molecule has 135 valence electrons. The van der Waals surface area contributed by atoms with Crippen molar-refractivity contribution < 1.29 is 18.6 Å². The van der Waals surface area contributed by atoms with Gasteiger partial charge >= 0.3 is 188 Å². The Labute approximate surface area is 204 Å². The van der Waals surface area contributed by atoms with Crippen LogP contribution in [0.1, 0.15) is 0 Å². The van der Waals surface area contributed by atoms with Crippen molar-refractivity contribution >= 4 is 78.8 Å². The summed E-state index contributed by atoms with van der Waals surface area (Å²) < 4.78 is 0.